The summed E-state index contributed by atoms with van der Waals surface area (Å²) < 4.78 is 9.42. The first kappa shape index (κ1) is 14.0. The van der Waals surface area contributed by atoms with E-state index < -0.39 is 16.8 Å². The van der Waals surface area contributed by atoms with Crippen molar-refractivity contribution >= 4 is 23.5 Å². The second kappa shape index (κ2) is 5.75. The maximum atomic E-state index is 11.1. The quantitative estimate of drug-likeness (QED) is 0.415. The fourth-order valence-corrected chi connectivity index (χ4v) is 0.699. The number of ether oxygens (including phenoxy) is 2. The number of hydrogen-bond acceptors (Lipinski definition) is 4. The average Bonchev–Trinajstić information content (AvgIpc) is 2.00. The lowest BCUT2D eigenvalue weighted by molar-refractivity contribution is -0.148. The number of allylic oxidation sites excluding steroid dienone is 1. The van der Waals surface area contributed by atoms with Crippen LogP contribution in [0.5, 0.6) is 0 Å². The zero-order valence-corrected chi connectivity index (χ0v) is 9.89. The molecule has 0 atom stereocenters. The van der Waals surface area contributed by atoms with Gasteiger partial charge in [-0.25, -0.2) is 0 Å². The van der Waals surface area contributed by atoms with Crippen LogP contribution in [0.25, 0.3) is 0 Å². The second-order valence-corrected chi connectivity index (χ2v) is 4.48. The fraction of sp³-hybridized carbons (Fsp3) is 0.600. The molecule has 0 aliphatic heterocycles. The molecule has 0 heterocycles. The van der Waals surface area contributed by atoms with E-state index >= 15 is 0 Å². The first-order valence-corrected chi connectivity index (χ1v) is 4.83. The third-order valence-electron chi connectivity index (χ3n) is 1.31. The van der Waals surface area contributed by atoms with Crippen molar-refractivity contribution in [2.45, 2.75) is 32.1 Å². The predicted octanol–water partition coefficient (Wildman–Crippen LogP) is 2.01. The standard InChI is InChI=1S/C10H15ClO4/c1-7(2)15-8(12)5-6-14-9(13)10(3,4)11/h1,5-6H2,2-4H3. The van der Waals surface area contributed by atoms with E-state index in [2.05, 4.69) is 11.3 Å². The van der Waals surface area contributed by atoms with E-state index in [-0.39, 0.29) is 13.0 Å². The van der Waals surface area contributed by atoms with Crippen LogP contribution in [0.3, 0.4) is 0 Å². The van der Waals surface area contributed by atoms with Gasteiger partial charge in [0.1, 0.15) is 11.5 Å². The van der Waals surface area contributed by atoms with Gasteiger partial charge in [0.05, 0.1) is 12.2 Å². The Morgan fingerprint density at radius 1 is 1.40 bits per heavy atom. The zero-order chi connectivity index (χ0) is 12.1. The molecule has 0 radical (unpaired) electrons. The Kier molecular flexibility index (Phi) is 5.36. The molecule has 0 aliphatic rings. The number of esters is 2. The van der Waals surface area contributed by atoms with Gasteiger partial charge in [0, 0.05) is 0 Å². The minimum atomic E-state index is -1.07. The molecule has 86 valence electrons. The van der Waals surface area contributed by atoms with Crippen LogP contribution in [0.15, 0.2) is 12.3 Å². The molecule has 0 spiro atoms. The highest BCUT2D eigenvalue weighted by Crippen LogP contribution is 2.14. The topological polar surface area (TPSA) is 52.6 Å². The SMILES string of the molecule is C=C(C)OC(=O)CCOC(=O)C(C)(C)Cl. The van der Waals surface area contributed by atoms with Crippen molar-refractivity contribution in [3.05, 3.63) is 12.3 Å². The molecule has 15 heavy (non-hydrogen) atoms. The number of alkyl halides is 1. The number of rotatable bonds is 5. The van der Waals surface area contributed by atoms with Gasteiger partial charge in [-0.15, -0.1) is 11.6 Å². The minimum Gasteiger partial charge on any atom is -0.464 e. The van der Waals surface area contributed by atoms with Crippen molar-refractivity contribution in [1.82, 2.24) is 0 Å². The summed E-state index contributed by atoms with van der Waals surface area (Å²) in [6.45, 7) is 7.96. The van der Waals surface area contributed by atoms with E-state index in [9.17, 15) is 9.59 Å². The molecule has 0 aromatic carbocycles. The first-order valence-electron chi connectivity index (χ1n) is 4.46. The van der Waals surface area contributed by atoms with E-state index in [0.717, 1.165) is 0 Å². The van der Waals surface area contributed by atoms with Gasteiger partial charge in [0.2, 0.25) is 0 Å². The lowest BCUT2D eigenvalue weighted by atomic mass is 10.2. The summed E-state index contributed by atoms with van der Waals surface area (Å²) in [5, 5.41) is 0. The molecule has 0 saturated heterocycles. The first-order chi connectivity index (χ1) is 6.73. The Balaban J connectivity index is 3.76. The van der Waals surface area contributed by atoms with Gasteiger partial charge in [0.15, 0.2) is 0 Å². The average molecular weight is 235 g/mol. The maximum absolute atomic E-state index is 11.1. The summed E-state index contributed by atoms with van der Waals surface area (Å²) in [7, 11) is 0. The Labute approximate surface area is 94.2 Å². The normalized spacial score (nSPS) is 10.7. The summed E-state index contributed by atoms with van der Waals surface area (Å²) in [6.07, 6.45) is -0.00836. The van der Waals surface area contributed by atoms with E-state index in [1.165, 1.54) is 13.8 Å². The van der Waals surface area contributed by atoms with Crippen molar-refractivity contribution < 1.29 is 19.1 Å². The minimum absolute atomic E-state index is 0.00836. The smallest absolute Gasteiger partial charge is 0.326 e. The van der Waals surface area contributed by atoms with Crippen molar-refractivity contribution in [3.63, 3.8) is 0 Å². The molecule has 0 N–H and O–H groups in total. The third-order valence-corrected chi connectivity index (χ3v) is 1.47. The number of halogens is 1. The molecular formula is C10H15ClO4. The number of carbonyl (C=O) groups is 2. The molecular weight excluding hydrogens is 220 g/mol. The van der Waals surface area contributed by atoms with Crippen LogP contribution in [-0.2, 0) is 19.1 Å². The third kappa shape index (κ3) is 6.96. The van der Waals surface area contributed by atoms with Crippen LogP contribution < -0.4 is 0 Å². The van der Waals surface area contributed by atoms with E-state index in [1.54, 1.807) is 6.92 Å². The molecule has 0 aliphatic carbocycles. The fourth-order valence-electron chi connectivity index (χ4n) is 0.644. The van der Waals surface area contributed by atoms with Crippen LogP contribution in [0.2, 0.25) is 0 Å². The highest BCUT2D eigenvalue weighted by Gasteiger charge is 2.26. The highest BCUT2D eigenvalue weighted by molar-refractivity contribution is 6.33. The van der Waals surface area contributed by atoms with Crippen molar-refractivity contribution in [2.24, 2.45) is 0 Å². The highest BCUT2D eigenvalue weighted by atomic mass is 35.5. The Morgan fingerprint density at radius 3 is 2.33 bits per heavy atom. The van der Waals surface area contributed by atoms with Gasteiger partial charge in [-0.05, 0) is 20.8 Å². The van der Waals surface area contributed by atoms with Crippen LogP contribution in [0.4, 0.5) is 0 Å². The lowest BCUT2D eigenvalue weighted by Crippen LogP contribution is -2.28. The van der Waals surface area contributed by atoms with Gasteiger partial charge >= 0.3 is 11.9 Å². The molecule has 0 bridgehead atoms. The molecule has 0 amide bonds. The number of hydrogen-bond donors (Lipinski definition) is 0. The lowest BCUT2D eigenvalue weighted by Gasteiger charge is -2.13. The summed E-state index contributed by atoms with van der Waals surface area (Å²) >= 11 is 5.68. The van der Waals surface area contributed by atoms with Gasteiger partial charge in [-0.3, -0.25) is 9.59 Å². The molecule has 0 aromatic rings. The molecule has 5 heteroatoms. The molecule has 0 unspecified atom stereocenters. The van der Waals surface area contributed by atoms with Crippen LogP contribution in [0, 0.1) is 0 Å². The predicted molar refractivity (Wildman–Crippen MR) is 56.4 cm³/mol. The molecule has 0 rings (SSSR count). The Hall–Kier alpha value is -1.03. The summed E-state index contributed by atoms with van der Waals surface area (Å²) in [5.41, 5.74) is 0. The Morgan fingerprint density at radius 2 is 1.93 bits per heavy atom. The summed E-state index contributed by atoms with van der Waals surface area (Å²) in [6, 6.07) is 0. The summed E-state index contributed by atoms with van der Waals surface area (Å²) in [4.78, 5) is 21.1. The molecule has 4 nitrogen and oxygen atoms in total. The molecule has 0 aromatic heterocycles. The molecule has 0 saturated carbocycles. The number of carbonyl (C=O) groups excluding carboxylic acids is 2. The van der Waals surface area contributed by atoms with Gasteiger partial charge in [-0.2, -0.15) is 0 Å². The van der Waals surface area contributed by atoms with Gasteiger partial charge in [-0.1, -0.05) is 6.58 Å². The van der Waals surface area contributed by atoms with Crippen LogP contribution in [0.1, 0.15) is 27.2 Å². The Bertz CT molecular complexity index is 265. The maximum Gasteiger partial charge on any atom is 0.326 e. The largest absolute Gasteiger partial charge is 0.464 e. The van der Waals surface area contributed by atoms with Gasteiger partial charge < -0.3 is 9.47 Å². The molecule has 0 fully saturated rings. The van der Waals surface area contributed by atoms with Crippen molar-refractivity contribution in [3.8, 4) is 0 Å². The monoisotopic (exact) mass is 234 g/mol. The van der Waals surface area contributed by atoms with Gasteiger partial charge in [0.25, 0.3) is 0 Å². The summed E-state index contributed by atoms with van der Waals surface area (Å²) in [5.74, 6) is -0.737. The van der Waals surface area contributed by atoms with Crippen molar-refractivity contribution in [2.75, 3.05) is 6.61 Å². The van der Waals surface area contributed by atoms with E-state index in [1.807, 2.05) is 0 Å². The van der Waals surface area contributed by atoms with Crippen LogP contribution >= 0.6 is 11.6 Å². The second-order valence-electron chi connectivity index (χ2n) is 3.53. The van der Waals surface area contributed by atoms with E-state index in [0.29, 0.717) is 5.76 Å². The van der Waals surface area contributed by atoms with E-state index in [4.69, 9.17) is 16.3 Å². The van der Waals surface area contributed by atoms with Crippen molar-refractivity contribution in [1.29, 1.82) is 0 Å². The van der Waals surface area contributed by atoms with Crippen LogP contribution in [-0.4, -0.2) is 23.4 Å². The zero-order valence-electron chi connectivity index (χ0n) is 9.13.